The highest BCUT2D eigenvalue weighted by molar-refractivity contribution is 6.39. The maximum atomic E-state index is 11.5. The number of nitrogens with two attached hydrogens (primary N) is 1. The fraction of sp³-hybridized carbons (Fsp3) is 0.385. The molecule has 0 saturated heterocycles. The van der Waals surface area contributed by atoms with Gasteiger partial charge < -0.3 is 15.4 Å². The van der Waals surface area contributed by atoms with Crippen molar-refractivity contribution in [2.45, 2.75) is 19.8 Å². The molecule has 0 aliphatic rings. The van der Waals surface area contributed by atoms with Crippen molar-refractivity contribution in [3.8, 4) is 5.75 Å². The summed E-state index contributed by atoms with van der Waals surface area (Å²) in [5, 5.41) is 0. The van der Waals surface area contributed by atoms with Gasteiger partial charge in [0.25, 0.3) is 0 Å². The lowest BCUT2D eigenvalue weighted by Crippen LogP contribution is -2.37. The fourth-order valence-corrected chi connectivity index (χ4v) is 1.61. The number of methoxy groups -OCH3 is 1. The van der Waals surface area contributed by atoms with Crippen LogP contribution in [-0.2, 0) is 9.59 Å². The van der Waals surface area contributed by atoms with E-state index in [2.05, 4.69) is 13.8 Å². The Morgan fingerprint density at radius 2 is 1.94 bits per heavy atom. The lowest BCUT2D eigenvalue weighted by atomic mass is 10.0. The number of nitrogens with zero attached hydrogens (tertiary/aromatic N) is 1. The van der Waals surface area contributed by atoms with Crippen molar-refractivity contribution >= 4 is 17.5 Å². The standard InChI is InChI=1S/C13H18N2O3/c1-8(2)9-5-6-10(11(7-9)18-4)15(3)13(17)12(14)16/h5-8H,1-4H3,(H2,14,16). The van der Waals surface area contributed by atoms with E-state index in [-0.39, 0.29) is 0 Å². The lowest BCUT2D eigenvalue weighted by molar-refractivity contribution is -0.135. The summed E-state index contributed by atoms with van der Waals surface area (Å²) in [7, 11) is 3.01. The molecule has 0 heterocycles. The summed E-state index contributed by atoms with van der Waals surface area (Å²) >= 11 is 0. The first-order valence-corrected chi connectivity index (χ1v) is 5.64. The zero-order valence-electron chi connectivity index (χ0n) is 11.1. The minimum Gasteiger partial charge on any atom is -0.495 e. The first-order valence-electron chi connectivity index (χ1n) is 5.64. The Kier molecular flexibility index (Phi) is 4.31. The zero-order chi connectivity index (χ0) is 13.9. The summed E-state index contributed by atoms with van der Waals surface area (Å²) < 4.78 is 5.24. The molecule has 98 valence electrons. The van der Waals surface area contributed by atoms with E-state index in [1.165, 1.54) is 19.1 Å². The number of anilines is 1. The van der Waals surface area contributed by atoms with Crippen LogP contribution in [0.15, 0.2) is 18.2 Å². The van der Waals surface area contributed by atoms with E-state index >= 15 is 0 Å². The molecule has 0 radical (unpaired) electrons. The molecule has 0 atom stereocenters. The van der Waals surface area contributed by atoms with Crippen molar-refractivity contribution in [1.82, 2.24) is 0 Å². The third-order valence-electron chi connectivity index (χ3n) is 2.75. The quantitative estimate of drug-likeness (QED) is 0.821. The average molecular weight is 250 g/mol. The van der Waals surface area contributed by atoms with Crippen molar-refractivity contribution in [1.29, 1.82) is 0 Å². The van der Waals surface area contributed by atoms with Crippen LogP contribution in [0.4, 0.5) is 5.69 Å². The van der Waals surface area contributed by atoms with Gasteiger partial charge in [0.15, 0.2) is 0 Å². The molecule has 1 rings (SSSR count). The summed E-state index contributed by atoms with van der Waals surface area (Å²) in [5.74, 6) is -0.874. The first kappa shape index (κ1) is 14.0. The number of benzene rings is 1. The van der Waals surface area contributed by atoms with Crippen LogP contribution in [0.5, 0.6) is 5.75 Å². The third kappa shape index (κ3) is 2.80. The highest BCUT2D eigenvalue weighted by atomic mass is 16.5. The van der Waals surface area contributed by atoms with Crippen LogP contribution in [0.3, 0.4) is 0 Å². The minimum atomic E-state index is -0.993. The maximum absolute atomic E-state index is 11.5. The smallest absolute Gasteiger partial charge is 0.315 e. The second kappa shape index (κ2) is 5.53. The number of rotatable bonds is 3. The molecule has 2 N–H and O–H groups in total. The van der Waals surface area contributed by atoms with Gasteiger partial charge in [0, 0.05) is 7.05 Å². The van der Waals surface area contributed by atoms with Gasteiger partial charge in [-0.3, -0.25) is 9.59 Å². The summed E-state index contributed by atoms with van der Waals surface area (Å²) in [6, 6.07) is 5.49. The highest BCUT2D eigenvalue weighted by Crippen LogP contribution is 2.31. The summed E-state index contributed by atoms with van der Waals surface area (Å²) in [6.07, 6.45) is 0. The van der Waals surface area contributed by atoms with Crippen LogP contribution in [0.25, 0.3) is 0 Å². The Morgan fingerprint density at radius 3 is 2.39 bits per heavy atom. The lowest BCUT2D eigenvalue weighted by Gasteiger charge is -2.19. The van der Waals surface area contributed by atoms with E-state index in [1.807, 2.05) is 12.1 Å². The molecule has 0 bridgehead atoms. The van der Waals surface area contributed by atoms with E-state index in [0.717, 1.165) is 5.56 Å². The third-order valence-corrected chi connectivity index (χ3v) is 2.75. The van der Waals surface area contributed by atoms with Gasteiger partial charge in [-0.1, -0.05) is 19.9 Å². The average Bonchev–Trinajstić information content (AvgIpc) is 2.35. The second-order valence-electron chi connectivity index (χ2n) is 4.31. The van der Waals surface area contributed by atoms with E-state index < -0.39 is 11.8 Å². The molecule has 0 fully saturated rings. The molecule has 0 unspecified atom stereocenters. The number of primary amides is 1. The summed E-state index contributed by atoms with van der Waals surface area (Å²) in [4.78, 5) is 23.6. The van der Waals surface area contributed by atoms with Crippen LogP contribution in [0, 0.1) is 0 Å². The Morgan fingerprint density at radius 1 is 1.33 bits per heavy atom. The summed E-state index contributed by atoms with van der Waals surface area (Å²) in [5.41, 5.74) is 6.59. The molecule has 1 aromatic rings. The maximum Gasteiger partial charge on any atom is 0.315 e. The van der Waals surface area contributed by atoms with Crippen molar-refractivity contribution in [2.24, 2.45) is 5.73 Å². The Hall–Kier alpha value is -2.04. The number of hydrogen-bond acceptors (Lipinski definition) is 3. The van der Waals surface area contributed by atoms with Gasteiger partial charge in [-0.25, -0.2) is 0 Å². The number of ether oxygens (including phenoxy) is 1. The van der Waals surface area contributed by atoms with Crippen LogP contribution in [-0.4, -0.2) is 26.0 Å². The number of carbonyl (C=O) groups excluding carboxylic acids is 2. The molecule has 0 saturated carbocycles. The Bertz CT molecular complexity index is 469. The van der Waals surface area contributed by atoms with Crippen molar-refractivity contribution in [2.75, 3.05) is 19.1 Å². The monoisotopic (exact) mass is 250 g/mol. The number of carbonyl (C=O) groups is 2. The normalized spacial score (nSPS) is 10.3. The molecule has 18 heavy (non-hydrogen) atoms. The summed E-state index contributed by atoms with van der Waals surface area (Å²) in [6.45, 7) is 4.12. The van der Waals surface area contributed by atoms with Crippen LogP contribution < -0.4 is 15.4 Å². The number of hydrogen-bond donors (Lipinski definition) is 1. The van der Waals surface area contributed by atoms with Gasteiger partial charge in [-0.2, -0.15) is 0 Å². The zero-order valence-corrected chi connectivity index (χ0v) is 11.1. The van der Waals surface area contributed by atoms with Gasteiger partial charge in [0.1, 0.15) is 5.75 Å². The molecule has 1 aromatic carbocycles. The molecular formula is C13H18N2O3. The molecule has 0 aromatic heterocycles. The molecule has 2 amide bonds. The van der Waals surface area contributed by atoms with Crippen LogP contribution in [0.2, 0.25) is 0 Å². The number of likely N-dealkylation sites (N-methyl/N-ethyl adjacent to an activating group) is 1. The van der Waals surface area contributed by atoms with Crippen LogP contribution in [0.1, 0.15) is 25.3 Å². The molecule has 5 nitrogen and oxygen atoms in total. The fourth-order valence-electron chi connectivity index (χ4n) is 1.61. The molecule has 5 heteroatoms. The second-order valence-corrected chi connectivity index (χ2v) is 4.31. The van der Waals surface area contributed by atoms with E-state index in [4.69, 9.17) is 10.5 Å². The van der Waals surface area contributed by atoms with Gasteiger partial charge in [0.2, 0.25) is 0 Å². The largest absolute Gasteiger partial charge is 0.495 e. The molecule has 0 aliphatic carbocycles. The number of amides is 2. The van der Waals surface area contributed by atoms with Crippen LogP contribution >= 0.6 is 0 Å². The predicted octanol–water partition coefficient (Wildman–Crippen LogP) is 1.27. The van der Waals surface area contributed by atoms with Gasteiger partial charge in [-0.05, 0) is 23.6 Å². The molecular weight excluding hydrogens is 232 g/mol. The molecule has 0 spiro atoms. The van der Waals surface area contributed by atoms with Gasteiger partial charge in [-0.15, -0.1) is 0 Å². The first-order chi connectivity index (χ1) is 8.38. The topological polar surface area (TPSA) is 72.6 Å². The Labute approximate surface area is 107 Å². The minimum absolute atomic E-state index is 0.352. The van der Waals surface area contributed by atoms with Crippen molar-refractivity contribution in [3.63, 3.8) is 0 Å². The van der Waals surface area contributed by atoms with E-state index in [9.17, 15) is 9.59 Å². The molecule has 0 aliphatic heterocycles. The van der Waals surface area contributed by atoms with Gasteiger partial charge >= 0.3 is 11.8 Å². The van der Waals surface area contributed by atoms with Crippen molar-refractivity contribution in [3.05, 3.63) is 23.8 Å². The predicted molar refractivity (Wildman–Crippen MR) is 69.7 cm³/mol. The SMILES string of the molecule is COc1cc(C(C)C)ccc1N(C)C(=O)C(N)=O. The van der Waals surface area contributed by atoms with Gasteiger partial charge in [0.05, 0.1) is 12.8 Å². The van der Waals surface area contributed by atoms with E-state index in [1.54, 1.807) is 6.07 Å². The highest BCUT2D eigenvalue weighted by Gasteiger charge is 2.20. The van der Waals surface area contributed by atoms with E-state index in [0.29, 0.717) is 17.4 Å². The van der Waals surface area contributed by atoms with Crippen molar-refractivity contribution < 1.29 is 14.3 Å². The Balaban J connectivity index is 3.17.